The maximum Gasteiger partial charge on any atom is 0.245 e. The van der Waals surface area contributed by atoms with Crippen LogP contribution in [0.25, 0.3) is 0 Å². The molecule has 26 heavy (non-hydrogen) atoms. The average Bonchev–Trinajstić information content (AvgIpc) is 2.91. The summed E-state index contributed by atoms with van der Waals surface area (Å²) in [6.45, 7) is 5.56. The number of aryl methyl sites for hydroxylation is 2. The monoisotopic (exact) mass is 380 g/mol. The molecule has 0 atom stereocenters. The molecule has 0 aliphatic heterocycles. The lowest BCUT2D eigenvalue weighted by atomic mass is 9.88. The van der Waals surface area contributed by atoms with Crippen molar-refractivity contribution >= 4 is 28.3 Å². The van der Waals surface area contributed by atoms with Gasteiger partial charge in [-0.3, -0.25) is 9.59 Å². The Morgan fingerprint density at radius 3 is 2.42 bits per heavy atom. The fourth-order valence-corrected chi connectivity index (χ4v) is 4.14. The second-order valence-electron chi connectivity index (χ2n) is 7.46. The van der Waals surface area contributed by atoms with Crippen LogP contribution in [0.3, 0.4) is 0 Å². The van der Waals surface area contributed by atoms with Crippen molar-refractivity contribution in [1.29, 1.82) is 0 Å². The molecule has 1 saturated carbocycles. The van der Waals surface area contributed by atoms with Crippen LogP contribution in [0.2, 0.25) is 0 Å². The molecule has 0 radical (unpaired) electrons. The standard InChI is InChI=1S/C19H32N4O2S/c1-14-15(2)26-19(20-14)21-17(24)13-23(12-8-11-22(3)4)18(25)16-9-6-5-7-10-16/h16H,5-13H2,1-4H3,(H,20,21,24). The fourth-order valence-electron chi connectivity index (χ4n) is 3.31. The second kappa shape index (κ2) is 10.0. The molecule has 1 aromatic heterocycles. The predicted octanol–water partition coefficient (Wildman–Crippen LogP) is 3.06. The van der Waals surface area contributed by atoms with Gasteiger partial charge in [-0.1, -0.05) is 19.3 Å². The summed E-state index contributed by atoms with van der Waals surface area (Å²) >= 11 is 1.47. The molecule has 1 aromatic rings. The third-order valence-corrected chi connectivity index (χ3v) is 5.90. The highest BCUT2D eigenvalue weighted by Crippen LogP contribution is 2.26. The number of hydrogen-bond acceptors (Lipinski definition) is 5. The molecule has 2 rings (SSSR count). The van der Waals surface area contributed by atoms with Gasteiger partial charge in [-0.2, -0.15) is 0 Å². The Morgan fingerprint density at radius 2 is 1.85 bits per heavy atom. The number of rotatable bonds is 8. The van der Waals surface area contributed by atoms with Crippen molar-refractivity contribution in [2.45, 2.75) is 52.4 Å². The molecule has 0 saturated heterocycles. The molecule has 1 N–H and O–H groups in total. The normalized spacial score (nSPS) is 15.3. The van der Waals surface area contributed by atoms with Gasteiger partial charge in [-0.05, 0) is 53.8 Å². The Kier molecular flexibility index (Phi) is 8.03. The summed E-state index contributed by atoms with van der Waals surface area (Å²) in [7, 11) is 4.04. The number of anilines is 1. The van der Waals surface area contributed by atoms with Crippen LogP contribution in [0.1, 0.15) is 49.1 Å². The van der Waals surface area contributed by atoms with Gasteiger partial charge in [0, 0.05) is 17.3 Å². The molecule has 1 fully saturated rings. The number of amides is 2. The van der Waals surface area contributed by atoms with Crippen molar-refractivity contribution in [3.63, 3.8) is 0 Å². The first-order valence-electron chi connectivity index (χ1n) is 9.54. The molecular weight excluding hydrogens is 348 g/mol. The number of carbonyl (C=O) groups excluding carboxylic acids is 2. The largest absolute Gasteiger partial charge is 0.333 e. The topological polar surface area (TPSA) is 65.5 Å². The van der Waals surface area contributed by atoms with E-state index in [1.165, 1.54) is 17.8 Å². The second-order valence-corrected chi connectivity index (χ2v) is 8.66. The summed E-state index contributed by atoms with van der Waals surface area (Å²) in [6, 6.07) is 0. The van der Waals surface area contributed by atoms with E-state index >= 15 is 0 Å². The molecule has 1 aliphatic carbocycles. The summed E-state index contributed by atoms with van der Waals surface area (Å²) in [5.41, 5.74) is 0.937. The van der Waals surface area contributed by atoms with E-state index < -0.39 is 0 Å². The third kappa shape index (κ3) is 6.36. The summed E-state index contributed by atoms with van der Waals surface area (Å²) in [6.07, 6.45) is 6.23. The molecule has 146 valence electrons. The lowest BCUT2D eigenvalue weighted by Gasteiger charge is -2.29. The molecule has 1 aliphatic rings. The maximum absolute atomic E-state index is 12.9. The van der Waals surface area contributed by atoms with Crippen molar-refractivity contribution in [1.82, 2.24) is 14.8 Å². The van der Waals surface area contributed by atoms with E-state index in [4.69, 9.17) is 0 Å². The van der Waals surface area contributed by atoms with Gasteiger partial charge >= 0.3 is 0 Å². The first kappa shape index (κ1) is 20.8. The maximum atomic E-state index is 12.9. The number of nitrogens with zero attached hydrogens (tertiary/aromatic N) is 3. The summed E-state index contributed by atoms with van der Waals surface area (Å²) in [4.78, 5) is 34.7. The Bertz CT molecular complexity index is 589. The Morgan fingerprint density at radius 1 is 1.15 bits per heavy atom. The number of carbonyl (C=O) groups is 2. The van der Waals surface area contributed by atoms with Crippen LogP contribution >= 0.6 is 11.3 Å². The minimum absolute atomic E-state index is 0.0836. The van der Waals surface area contributed by atoms with Gasteiger partial charge in [-0.25, -0.2) is 4.98 Å². The third-order valence-electron chi connectivity index (χ3n) is 4.91. The van der Waals surface area contributed by atoms with Crippen molar-refractivity contribution in [3.05, 3.63) is 10.6 Å². The smallest absolute Gasteiger partial charge is 0.245 e. The van der Waals surface area contributed by atoms with Gasteiger partial charge in [-0.15, -0.1) is 11.3 Å². The Labute approximate surface area is 161 Å². The van der Waals surface area contributed by atoms with Gasteiger partial charge in [0.15, 0.2) is 5.13 Å². The van der Waals surface area contributed by atoms with Gasteiger partial charge in [0.05, 0.1) is 12.2 Å². The van der Waals surface area contributed by atoms with Crippen molar-refractivity contribution in [2.75, 3.05) is 39.0 Å². The highest BCUT2D eigenvalue weighted by atomic mass is 32.1. The number of aromatic nitrogens is 1. The average molecular weight is 381 g/mol. The number of hydrogen-bond donors (Lipinski definition) is 1. The van der Waals surface area contributed by atoms with Crippen LogP contribution < -0.4 is 5.32 Å². The van der Waals surface area contributed by atoms with E-state index in [1.54, 1.807) is 4.90 Å². The Hall–Kier alpha value is -1.47. The lowest BCUT2D eigenvalue weighted by Crippen LogP contribution is -2.43. The highest BCUT2D eigenvalue weighted by molar-refractivity contribution is 7.15. The van der Waals surface area contributed by atoms with E-state index in [0.717, 1.165) is 49.2 Å². The molecule has 0 aromatic carbocycles. The van der Waals surface area contributed by atoms with E-state index in [-0.39, 0.29) is 24.3 Å². The van der Waals surface area contributed by atoms with E-state index in [1.807, 2.05) is 27.9 Å². The summed E-state index contributed by atoms with van der Waals surface area (Å²) < 4.78 is 0. The minimum atomic E-state index is -0.159. The first-order valence-corrected chi connectivity index (χ1v) is 10.4. The molecular formula is C19H32N4O2S. The van der Waals surface area contributed by atoms with Crippen molar-refractivity contribution in [2.24, 2.45) is 5.92 Å². The molecule has 1 heterocycles. The molecule has 6 nitrogen and oxygen atoms in total. The van der Waals surface area contributed by atoms with Gasteiger partial charge in [0.2, 0.25) is 11.8 Å². The zero-order valence-corrected chi connectivity index (χ0v) is 17.3. The number of thiazole rings is 1. The first-order chi connectivity index (χ1) is 12.4. The van der Waals surface area contributed by atoms with E-state index in [0.29, 0.717) is 11.7 Å². The van der Waals surface area contributed by atoms with Crippen LogP contribution in [0.15, 0.2) is 0 Å². The van der Waals surface area contributed by atoms with E-state index in [2.05, 4.69) is 15.2 Å². The van der Waals surface area contributed by atoms with Crippen LogP contribution in [0.4, 0.5) is 5.13 Å². The summed E-state index contributed by atoms with van der Waals surface area (Å²) in [5, 5.41) is 3.47. The van der Waals surface area contributed by atoms with E-state index in [9.17, 15) is 9.59 Å². The van der Waals surface area contributed by atoms with Crippen LogP contribution in [0.5, 0.6) is 0 Å². The van der Waals surface area contributed by atoms with Crippen LogP contribution in [-0.2, 0) is 9.59 Å². The molecule has 0 spiro atoms. The summed E-state index contributed by atoms with van der Waals surface area (Å²) in [5.74, 6) is 0.0677. The van der Waals surface area contributed by atoms with Crippen LogP contribution in [-0.4, -0.2) is 60.3 Å². The molecule has 7 heteroatoms. The zero-order chi connectivity index (χ0) is 19.1. The molecule has 0 bridgehead atoms. The zero-order valence-electron chi connectivity index (χ0n) is 16.5. The minimum Gasteiger partial charge on any atom is -0.333 e. The van der Waals surface area contributed by atoms with Gasteiger partial charge in [0.25, 0.3) is 0 Å². The highest BCUT2D eigenvalue weighted by Gasteiger charge is 2.27. The van der Waals surface area contributed by atoms with Gasteiger partial charge < -0.3 is 15.1 Å². The Balaban J connectivity index is 1.96. The predicted molar refractivity (Wildman–Crippen MR) is 107 cm³/mol. The molecule has 0 unspecified atom stereocenters. The van der Waals surface area contributed by atoms with Crippen molar-refractivity contribution < 1.29 is 9.59 Å². The molecule has 2 amide bonds. The number of nitrogens with one attached hydrogen (secondary N) is 1. The SMILES string of the molecule is Cc1nc(NC(=O)CN(CCCN(C)C)C(=O)C2CCCCC2)sc1C. The van der Waals surface area contributed by atoms with Crippen LogP contribution in [0, 0.1) is 19.8 Å². The van der Waals surface area contributed by atoms with Crippen molar-refractivity contribution in [3.8, 4) is 0 Å². The quantitative estimate of drug-likeness (QED) is 0.753. The lowest BCUT2D eigenvalue weighted by molar-refractivity contribution is -0.139. The fraction of sp³-hybridized carbons (Fsp3) is 0.737. The van der Waals surface area contributed by atoms with Gasteiger partial charge in [0.1, 0.15) is 0 Å².